The predicted octanol–water partition coefficient (Wildman–Crippen LogP) is 5.85. The number of unbranched alkanes of at least 4 members (excludes halogenated alkanes) is 12. The maximum Gasteiger partial charge on any atom is 0.322 e. The normalized spacial score (nSPS) is 12.2. The zero-order valence-corrected chi connectivity index (χ0v) is 19.0. The highest BCUT2D eigenvalue weighted by Crippen LogP contribution is 2.10. The third-order valence-corrected chi connectivity index (χ3v) is 5.08. The van der Waals surface area contributed by atoms with Crippen molar-refractivity contribution in [2.75, 3.05) is 13.7 Å². The van der Waals surface area contributed by atoms with E-state index in [1.54, 1.807) is 0 Å². The first kappa shape index (κ1) is 27.6. The van der Waals surface area contributed by atoms with Gasteiger partial charge >= 0.3 is 11.9 Å². The van der Waals surface area contributed by atoms with E-state index in [2.05, 4.69) is 23.8 Å². The summed E-state index contributed by atoms with van der Waals surface area (Å²) in [6.45, 7) is 2.71. The molecule has 0 heterocycles. The minimum Gasteiger partial charge on any atom is -0.468 e. The SMILES string of the molecule is CCCCCCCC/C=C\CCCCCCCCOC(=O)CC[C@H](N)C(=O)OC. The van der Waals surface area contributed by atoms with Crippen molar-refractivity contribution in [3.63, 3.8) is 0 Å². The number of esters is 2. The summed E-state index contributed by atoms with van der Waals surface area (Å²) in [6, 6.07) is -0.752. The molecule has 0 aliphatic rings. The number of allylic oxidation sites excluding steroid dienone is 2. The fourth-order valence-electron chi connectivity index (χ4n) is 3.15. The zero-order chi connectivity index (χ0) is 21.6. The second kappa shape index (κ2) is 21.4. The molecule has 0 unspecified atom stereocenters. The van der Waals surface area contributed by atoms with E-state index in [1.165, 1.54) is 84.2 Å². The van der Waals surface area contributed by atoms with E-state index in [0.717, 1.165) is 12.8 Å². The number of carbonyl (C=O) groups excluding carboxylic acids is 2. The molecule has 0 amide bonds. The smallest absolute Gasteiger partial charge is 0.322 e. The number of hydrogen-bond donors (Lipinski definition) is 1. The molecule has 0 fully saturated rings. The largest absolute Gasteiger partial charge is 0.468 e. The van der Waals surface area contributed by atoms with Gasteiger partial charge in [-0.15, -0.1) is 0 Å². The Hall–Kier alpha value is -1.36. The molecule has 0 spiro atoms. The van der Waals surface area contributed by atoms with Gasteiger partial charge in [0.15, 0.2) is 0 Å². The van der Waals surface area contributed by atoms with Gasteiger partial charge in [-0.1, -0.05) is 76.9 Å². The van der Waals surface area contributed by atoms with Gasteiger partial charge in [-0.25, -0.2) is 0 Å². The molecule has 5 heteroatoms. The molecular formula is C24H45NO4. The van der Waals surface area contributed by atoms with Crippen LogP contribution in [0.25, 0.3) is 0 Å². The van der Waals surface area contributed by atoms with Crippen molar-refractivity contribution in [2.45, 2.75) is 116 Å². The fourth-order valence-corrected chi connectivity index (χ4v) is 3.15. The van der Waals surface area contributed by atoms with Crippen LogP contribution < -0.4 is 5.73 Å². The standard InChI is InChI=1S/C24H45NO4/c1-3-4-5-6-7-8-9-10-11-12-13-14-15-16-17-18-21-29-23(26)20-19-22(25)24(27)28-2/h10-11,22H,3-9,12-21,25H2,1-2H3/b11-10-/t22-/m0/s1. The van der Waals surface area contributed by atoms with Crippen LogP contribution in [0.5, 0.6) is 0 Å². The summed E-state index contributed by atoms with van der Waals surface area (Å²) in [5.41, 5.74) is 5.58. The van der Waals surface area contributed by atoms with Gasteiger partial charge in [0.25, 0.3) is 0 Å². The van der Waals surface area contributed by atoms with Crippen LogP contribution in [0.1, 0.15) is 110 Å². The first-order valence-electron chi connectivity index (χ1n) is 11.8. The highest BCUT2D eigenvalue weighted by atomic mass is 16.5. The van der Waals surface area contributed by atoms with Crippen LogP contribution in [-0.4, -0.2) is 31.7 Å². The number of methoxy groups -OCH3 is 1. The van der Waals surface area contributed by atoms with Crippen LogP contribution in [0.3, 0.4) is 0 Å². The number of ether oxygens (including phenoxy) is 2. The van der Waals surface area contributed by atoms with E-state index >= 15 is 0 Å². The molecule has 0 bridgehead atoms. The summed E-state index contributed by atoms with van der Waals surface area (Å²) in [6.07, 6.45) is 22.7. The van der Waals surface area contributed by atoms with E-state index in [0.29, 0.717) is 6.61 Å². The monoisotopic (exact) mass is 411 g/mol. The number of carbonyl (C=O) groups is 2. The third kappa shape index (κ3) is 19.7. The highest BCUT2D eigenvalue weighted by Gasteiger charge is 2.15. The first-order valence-corrected chi connectivity index (χ1v) is 11.8. The molecule has 2 N–H and O–H groups in total. The van der Waals surface area contributed by atoms with Gasteiger partial charge in [0.05, 0.1) is 13.7 Å². The summed E-state index contributed by atoms with van der Waals surface area (Å²) in [7, 11) is 1.29. The van der Waals surface area contributed by atoms with Gasteiger partial charge in [0.1, 0.15) is 6.04 Å². The predicted molar refractivity (Wildman–Crippen MR) is 120 cm³/mol. The summed E-state index contributed by atoms with van der Waals surface area (Å²) in [5.74, 6) is -0.789. The maximum absolute atomic E-state index is 11.6. The second-order valence-corrected chi connectivity index (χ2v) is 7.83. The van der Waals surface area contributed by atoms with Crippen molar-refractivity contribution in [2.24, 2.45) is 5.73 Å². The van der Waals surface area contributed by atoms with Crippen LogP contribution in [0, 0.1) is 0 Å². The molecule has 5 nitrogen and oxygen atoms in total. The lowest BCUT2D eigenvalue weighted by Crippen LogP contribution is -2.32. The van der Waals surface area contributed by atoms with E-state index in [9.17, 15) is 9.59 Å². The van der Waals surface area contributed by atoms with Crippen molar-refractivity contribution >= 4 is 11.9 Å². The third-order valence-electron chi connectivity index (χ3n) is 5.08. The van der Waals surface area contributed by atoms with Crippen molar-refractivity contribution in [1.82, 2.24) is 0 Å². The molecule has 0 radical (unpaired) electrons. The van der Waals surface area contributed by atoms with Crippen LogP contribution in [0.2, 0.25) is 0 Å². The topological polar surface area (TPSA) is 78.6 Å². The Morgan fingerprint density at radius 1 is 0.828 bits per heavy atom. The lowest BCUT2D eigenvalue weighted by atomic mass is 10.1. The quantitative estimate of drug-likeness (QED) is 0.154. The van der Waals surface area contributed by atoms with Crippen molar-refractivity contribution in [3.05, 3.63) is 12.2 Å². The van der Waals surface area contributed by atoms with Gasteiger partial charge < -0.3 is 15.2 Å². The van der Waals surface area contributed by atoms with Crippen LogP contribution in [0.4, 0.5) is 0 Å². The molecule has 0 aliphatic heterocycles. The molecule has 0 aromatic rings. The van der Waals surface area contributed by atoms with Gasteiger partial charge in [-0.2, -0.15) is 0 Å². The van der Waals surface area contributed by atoms with Gasteiger partial charge in [0, 0.05) is 6.42 Å². The Balaban J connectivity index is 3.30. The van der Waals surface area contributed by atoms with E-state index in [1.807, 2.05) is 0 Å². The lowest BCUT2D eigenvalue weighted by molar-refractivity contribution is -0.145. The van der Waals surface area contributed by atoms with E-state index in [-0.39, 0.29) is 18.8 Å². The van der Waals surface area contributed by atoms with E-state index < -0.39 is 12.0 Å². The fraction of sp³-hybridized carbons (Fsp3) is 0.833. The Labute approximate surface area is 178 Å². The summed E-state index contributed by atoms with van der Waals surface area (Å²) in [5, 5.41) is 0. The van der Waals surface area contributed by atoms with Crippen LogP contribution in [-0.2, 0) is 19.1 Å². The molecule has 0 saturated heterocycles. The molecule has 0 aromatic heterocycles. The van der Waals surface area contributed by atoms with Crippen LogP contribution >= 0.6 is 0 Å². The molecule has 29 heavy (non-hydrogen) atoms. The molecular weight excluding hydrogens is 366 g/mol. The van der Waals surface area contributed by atoms with E-state index in [4.69, 9.17) is 10.5 Å². The Bertz CT molecular complexity index is 423. The zero-order valence-electron chi connectivity index (χ0n) is 19.0. The number of rotatable bonds is 20. The average Bonchev–Trinajstić information content (AvgIpc) is 2.73. The molecule has 170 valence electrons. The van der Waals surface area contributed by atoms with Crippen molar-refractivity contribution in [3.8, 4) is 0 Å². The summed E-state index contributed by atoms with van der Waals surface area (Å²) < 4.78 is 9.69. The second-order valence-electron chi connectivity index (χ2n) is 7.83. The van der Waals surface area contributed by atoms with Gasteiger partial charge in [-0.05, 0) is 38.5 Å². The average molecular weight is 412 g/mol. The van der Waals surface area contributed by atoms with Crippen molar-refractivity contribution in [1.29, 1.82) is 0 Å². The minimum atomic E-state index is -0.752. The molecule has 0 aromatic carbocycles. The Kier molecular flexibility index (Phi) is 20.3. The molecule has 1 atom stereocenters. The van der Waals surface area contributed by atoms with Crippen LogP contribution in [0.15, 0.2) is 12.2 Å². The number of nitrogens with two attached hydrogens (primary N) is 1. The molecule has 0 aliphatic carbocycles. The first-order chi connectivity index (χ1) is 14.1. The van der Waals surface area contributed by atoms with Crippen molar-refractivity contribution < 1.29 is 19.1 Å². The summed E-state index contributed by atoms with van der Waals surface area (Å²) >= 11 is 0. The Morgan fingerprint density at radius 2 is 1.34 bits per heavy atom. The lowest BCUT2D eigenvalue weighted by Gasteiger charge is -2.09. The Morgan fingerprint density at radius 3 is 1.90 bits per heavy atom. The maximum atomic E-state index is 11.6. The van der Waals surface area contributed by atoms with Gasteiger partial charge in [-0.3, -0.25) is 9.59 Å². The molecule has 0 saturated carbocycles. The molecule has 0 rings (SSSR count). The highest BCUT2D eigenvalue weighted by molar-refractivity contribution is 5.76. The van der Waals surface area contributed by atoms with Gasteiger partial charge in [0.2, 0.25) is 0 Å². The minimum absolute atomic E-state index is 0.155. The number of hydrogen-bond acceptors (Lipinski definition) is 5. The summed E-state index contributed by atoms with van der Waals surface area (Å²) in [4.78, 5) is 22.7.